The molecule has 1 fully saturated rings. The number of anilines is 1. The molecule has 1 atom stereocenters. The van der Waals surface area contributed by atoms with Crippen LogP contribution >= 0.6 is 12.4 Å². The molecule has 0 saturated carbocycles. The van der Waals surface area contributed by atoms with Crippen molar-refractivity contribution in [3.63, 3.8) is 0 Å². The number of rotatable bonds is 8. The Kier molecular flexibility index (Phi) is 9.29. The summed E-state index contributed by atoms with van der Waals surface area (Å²) in [6.07, 6.45) is 4.26. The van der Waals surface area contributed by atoms with Crippen LogP contribution in [0.5, 0.6) is 0 Å². The summed E-state index contributed by atoms with van der Waals surface area (Å²) in [6.45, 7) is 3.27. The maximum absolute atomic E-state index is 12.6. The maximum atomic E-state index is 12.6. The lowest BCUT2D eigenvalue weighted by molar-refractivity contribution is -0.131. The Morgan fingerprint density at radius 2 is 1.76 bits per heavy atom. The lowest BCUT2D eigenvalue weighted by Crippen LogP contribution is -2.49. The van der Waals surface area contributed by atoms with Crippen LogP contribution in [-0.4, -0.2) is 59.9 Å². The Morgan fingerprint density at radius 3 is 2.26 bits per heavy atom. The minimum atomic E-state index is -3.83. The molecule has 1 saturated heterocycles. The van der Waals surface area contributed by atoms with Crippen molar-refractivity contribution in [2.75, 3.05) is 30.9 Å². The average Bonchev–Trinajstić information content (AvgIpc) is 2.82. The number of halogens is 1. The number of sulfone groups is 1. The SMILES string of the molecule is C[C@@](CCn1ccc(-c2ccc(N3CCC(CO)CC3)cc2)cc1=O)(C(=O)NO)S(C)(=O)=O.Cl. The molecule has 2 aromatic rings. The first-order valence-corrected chi connectivity index (χ1v) is 12.8. The minimum Gasteiger partial charge on any atom is -0.396 e. The lowest BCUT2D eigenvalue weighted by Gasteiger charge is -2.33. The highest BCUT2D eigenvalue weighted by Crippen LogP contribution is 2.26. The van der Waals surface area contributed by atoms with Crippen molar-refractivity contribution in [3.8, 4) is 11.1 Å². The van der Waals surface area contributed by atoms with Crippen molar-refractivity contribution < 1.29 is 23.5 Å². The summed E-state index contributed by atoms with van der Waals surface area (Å²) < 4.78 is 23.7. The van der Waals surface area contributed by atoms with Gasteiger partial charge in [0.1, 0.15) is 0 Å². The second-order valence-corrected chi connectivity index (χ2v) is 11.2. The van der Waals surface area contributed by atoms with Gasteiger partial charge in [0.15, 0.2) is 14.6 Å². The Labute approximate surface area is 205 Å². The van der Waals surface area contributed by atoms with E-state index in [9.17, 15) is 23.1 Å². The van der Waals surface area contributed by atoms with Crippen LogP contribution in [0.3, 0.4) is 0 Å². The first kappa shape index (κ1) is 27.8. The zero-order valence-electron chi connectivity index (χ0n) is 19.3. The summed E-state index contributed by atoms with van der Waals surface area (Å²) >= 11 is 0. The van der Waals surface area contributed by atoms with Gasteiger partial charge in [-0.15, -0.1) is 12.4 Å². The number of pyridine rings is 1. The smallest absolute Gasteiger partial charge is 0.264 e. The minimum absolute atomic E-state index is 0. The second-order valence-electron chi connectivity index (χ2n) is 8.80. The molecule has 0 radical (unpaired) electrons. The Balaban J connectivity index is 0.00000408. The number of nitrogens with one attached hydrogen (secondary N) is 1. The van der Waals surface area contributed by atoms with E-state index in [2.05, 4.69) is 4.90 Å². The number of carbonyl (C=O) groups excluding carboxylic acids is 1. The molecule has 1 aliphatic rings. The van der Waals surface area contributed by atoms with Crippen molar-refractivity contribution in [1.82, 2.24) is 10.0 Å². The normalized spacial score (nSPS) is 16.4. The fraction of sp³-hybridized carbons (Fsp3) is 0.478. The van der Waals surface area contributed by atoms with Crippen LogP contribution in [-0.2, 0) is 21.2 Å². The number of nitrogens with zero attached hydrogens (tertiary/aromatic N) is 2. The van der Waals surface area contributed by atoms with Gasteiger partial charge in [-0.05, 0) is 61.4 Å². The summed E-state index contributed by atoms with van der Waals surface area (Å²) in [5, 5.41) is 18.2. The van der Waals surface area contributed by atoms with Gasteiger partial charge in [0.2, 0.25) is 0 Å². The van der Waals surface area contributed by atoms with Crippen LogP contribution < -0.4 is 15.9 Å². The molecule has 0 bridgehead atoms. The Morgan fingerprint density at radius 1 is 1.15 bits per heavy atom. The molecule has 9 nitrogen and oxygen atoms in total. The van der Waals surface area contributed by atoms with Crippen molar-refractivity contribution in [3.05, 3.63) is 52.9 Å². The molecule has 3 N–H and O–H groups in total. The number of aromatic nitrogens is 1. The van der Waals surface area contributed by atoms with Gasteiger partial charge >= 0.3 is 0 Å². The number of hydrogen-bond acceptors (Lipinski definition) is 7. The van der Waals surface area contributed by atoms with Crippen molar-refractivity contribution in [2.24, 2.45) is 5.92 Å². The average molecular weight is 514 g/mol. The van der Waals surface area contributed by atoms with E-state index in [1.807, 2.05) is 24.3 Å². The lowest BCUT2D eigenvalue weighted by atomic mass is 9.97. The van der Waals surface area contributed by atoms with E-state index in [0.717, 1.165) is 49.0 Å². The van der Waals surface area contributed by atoms with E-state index in [1.54, 1.807) is 12.3 Å². The molecule has 3 rings (SSSR count). The Bertz CT molecular complexity index is 1140. The van der Waals surface area contributed by atoms with E-state index in [-0.39, 0.29) is 37.5 Å². The highest BCUT2D eigenvalue weighted by molar-refractivity contribution is 7.92. The summed E-state index contributed by atoms with van der Waals surface area (Å²) in [4.78, 5) is 26.9. The molecule has 0 unspecified atom stereocenters. The van der Waals surface area contributed by atoms with Gasteiger partial charge in [-0.1, -0.05) is 12.1 Å². The van der Waals surface area contributed by atoms with Gasteiger partial charge in [-0.3, -0.25) is 14.8 Å². The molecule has 1 aromatic carbocycles. The third-order valence-electron chi connectivity index (χ3n) is 6.66. The first-order valence-electron chi connectivity index (χ1n) is 10.9. The van der Waals surface area contributed by atoms with E-state index < -0.39 is 20.5 Å². The van der Waals surface area contributed by atoms with Crippen molar-refractivity contribution >= 4 is 33.8 Å². The Hall–Kier alpha value is -2.40. The predicted octanol–water partition coefficient (Wildman–Crippen LogP) is 1.84. The van der Waals surface area contributed by atoms with Gasteiger partial charge in [-0.25, -0.2) is 13.9 Å². The number of amides is 1. The van der Waals surface area contributed by atoms with Gasteiger partial charge in [0.05, 0.1) is 0 Å². The van der Waals surface area contributed by atoms with Gasteiger partial charge in [0, 0.05) is 50.4 Å². The molecule has 1 amide bonds. The number of aliphatic hydroxyl groups excluding tert-OH is 1. The maximum Gasteiger partial charge on any atom is 0.264 e. The van der Waals surface area contributed by atoms with E-state index >= 15 is 0 Å². The molecular weight excluding hydrogens is 482 g/mol. The van der Waals surface area contributed by atoms with Crippen LogP contribution in [0.25, 0.3) is 11.1 Å². The van der Waals surface area contributed by atoms with E-state index in [1.165, 1.54) is 23.0 Å². The predicted molar refractivity (Wildman–Crippen MR) is 133 cm³/mol. The summed E-state index contributed by atoms with van der Waals surface area (Å²) in [5.41, 5.74) is 3.81. The molecule has 1 aliphatic heterocycles. The van der Waals surface area contributed by atoms with Crippen molar-refractivity contribution in [1.29, 1.82) is 0 Å². The molecule has 34 heavy (non-hydrogen) atoms. The van der Waals surface area contributed by atoms with Gasteiger partial charge < -0.3 is 14.6 Å². The first-order chi connectivity index (χ1) is 15.6. The highest BCUT2D eigenvalue weighted by atomic mass is 35.5. The standard InChI is InChI=1S/C23H31N3O6S.ClH/c1-23(22(29)24-30,33(2,31)32)10-14-26-13-9-19(15-21(26)28)18-3-5-20(6-4-18)25-11-7-17(16-27)8-12-25;/h3-6,9,13,15,17,27,30H,7-8,10-12,14,16H2,1-2H3,(H,24,29);1H/t23-;/m1./s1. The quantitative estimate of drug-likeness (QED) is 0.363. The number of piperidine rings is 1. The zero-order valence-corrected chi connectivity index (χ0v) is 20.9. The third-order valence-corrected chi connectivity index (χ3v) is 8.69. The van der Waals surface area contributed by atoms with Crippen LogP contribution in [0.15, 0.2) is 47.4 Å². The molecule has 2 heterocycles. The second kappa shape index (κ2) is 11.4. The number of aryl methyl sites for hydroxylation is 1. The molecule has 0 spiro atoms. The van der Waals surface area contributed by atoms with Crippen LogP contribution in [0, 0.1) is 5.92 Å². The van der Waals surface area contributed by atoms with Crippen LogP contribution in [0.2, 0.25) is 0 Å². The number of hydrogen-bond donors (Lipinski definition) is 3. The topological polar surface area (TPSA) is 129 Å². The highest BCUT2D eigenvalue weighted by Gasteiger charge is 2.43. The fourth-order valence-electron chi connectivity index (χ4n) is 4.03. The largest absolute Gasteiger partial charge is 0.396 e. The molecular formula is C23H32ClN3O6S. The summed E-state index contributed by atoms with van der Waals surface area (Å²) in [7, 11) is -3.83. The van der Waals surface area contributed by atoms with E-state index in [4.69, 9.17) is 5.21 Å². The summed E-state index contributed by atoms with van der Waals surface area (Å²) in [6, 6.07) is 11.2. The third kappa shape index (κ3) is 5.99. The molecule has 1 aromatic heterocycles. The number of benzene rings is 1. The monoisotopic (exact) mass is 513 g/mol. The van der Waals surface area contributed by atoms with Crippen LogP contribution in [0.1, 0.15) is 26.2 Å². The van der Waals surface area contributed by atoms with Crippen LogP contribution in [0.4, 0.5) is 5.69 Å². The number of aliphatic hydroxyl groups is 1. The molecule has 0 aliphatic carbocycles. The fourth-order valence-corrected chi connectivity index (χ4v) is 4.87. The van der Waals surface area contributed by atoms with Gasteiger partial charge in [-0.2, -0.15) is 0 Å². The van der Waals surface area contributed by atoms with Crippen molar-refractivity contribution in [2.45, 2.75) is 37.5 Å². The van der Waals surface area contributed by atoms with E-state index in [0.29, 0.717) is 5.92 Å². The number of carbonyl (C=O) groups is 1. The molecule has 11 heteroatoms. The summed E-state index contributed by atoms with van der Waals surface area (Å²) in [5.74, 6) is -0.657. The zero-order chi connectivity index (χ0) is 24.2. The van der Waals surface area contributed by atoms with Gasteiger partial charge in [0.25, 0.3) is 11.5 Å². The molecule has 188 valence electrons. The number of hydroxylamine groups is 1.